The van der Waals surface area contributed by atoms with Gasteiger partial charge in [-0.15, -0.1) is 0 Å². The Bertz CT molecular complexity index is 702. The van der Waals surface area contributed by atoms with Crippen molar-refractivity contribution in [2.24, 2.45) is 0 Å². The maximum absolute atomic E-state index is 10.9. The Morgan fingerprint density at radius 3 is 2.50 bits per heavy atom. The van der Waals surface area contributed by atoms with E-state index in [4.69, 9.17) is 10.4 Å². The summed E-state index contributed by atoms with van der Waals surface area (Å²) in [5, 5.41) is 18.1. The summed E-state index contributed by atoms with van der Waals surface area (Å²) in [7, 11) is 1.86. The number of carboxylic acid groups (broad SMARTS) is 1. The molecule has 20 heavy (non-hydrogen) atoms. The van der Waals surface area contributed by atoms with Gasteiger partial charge in [-0.2, -0.15) is 5.26 Å². The van der Waals surface area contributed by atoms with Crippen LogP contribution in [0.3, 0.4) is 0 Å². The molecule has 0 fully saturated rings. The molecule has 0 heterocycles. The number of nitriles is 1. The number of benzene rings is 2. The predicted molar refractivity (Wildman–Crippen MR) is 77.4 cm³/mol. The Morgan fingerprint density at radius 2 is 1.90 bits per heavy atom. The number of aryl methyl sites for hydroxylation is 1. The Kier molecular flexibility index (Phi) is 3.72. The molecule has 0 saturated heterocycles. The molecule has 0 aromatic heterocycles. The SMILES string of the molecule is Cc1cc(C(=O)O)ccc1N(C)c1ccccc1C#N. The summed E-state index contributed by atoms with van der Waals surface area (Å²) in [6.45, 7) is 1.85. The van der Waals surface area contributed by atoms with E-state index in [1.165, 1.54) is 0 Å². The number of carbonyl (C=O) groups is 1. The van der Waals surface area contributed by atoms with Crippen molar-refractivity contribution >= 4 is 17.3 Å². The molecule has 0 aliphatic heterocycles. The maximum Gasteiger partial charge on any atom is 0.335 e. The van der Waals surface area contributed by atoms with Crippen LogP contribution in [0.25, 0.3) is 0 Å². The highest BCUT2D eigenvalue weighted by Crippen LogP contribution is 2.29. The summed E-state index contributed by atoms with van der Waals surface area (Å²) in [6, 6.07) is 14.4. The highest BCUT2D eigenvalue weighted by Gasteiger charge is 2.12. The molecule has 0 aliphatic carbocycles. The number of nitrogens with zero attached hydrogens (tertiary/aromatic N) is 2. The van der Waals surface area contributed by atoms with Crippen molar-refractivity contribution in [2.45, 2.75) is 6.92 Å². The smallest absolute Gasteiger partial charge is 0.335 e. The summed E-state index contributed by atoms with van der Waals surface area (Å²) in [5.41, 5.74) is 3.35. The summed E-state index contributed by atoms with van der Waals surface area (Å²) in [6.07, 6.45) is 0. The molecule has 2 rings (SSSR count). The van der Waals surface area contributed by atoms with Crippen LogP contribution in [0.5, 0.6) is 0 Å². The minimum atomic E-state index is -0.945. The van der Waals surface area contributed by atoms with Gasteiger partial charge in [0.2, 0.25) is 0 Å². The molecular formula is C16H14N2O2. The molecule has 0 spiro atoms. The molecular weight excluding hydrogens is 252 g/mol. The summed E-state index contributed by atoms with van der Waals surface area (Å²) >= 11 is 0. The number of hydrogen-bond acceptors (Lipinski definition) is 3. The Balaban J connectivity index is 2.46. The summed E-state index contributed by atoms with van der Waals surface area (Å²) in [4.78, 5) is 12.8. The van der Waals surface area contributed by atoms with Gasteiger partial charge in [0.25, 0.3) is 0 Å². The van der Waals surface area contributed by atoms with E-state index in [-0.39, 0.29) is 5.56 Å². The molecule has 4 nitrogen and oxygen atoms in total. The van der Waals surface area contributed by atoms with Gasteiger partial charge in [0.15, 0.2) is 0 Å². The van der Waals surface area contributed by atoms with E-state index in [0.717, 1.165) is 16.9 Å². The molecule has 0 aliphatic rings. The van der Waals surface area contributed by atoms with Gasteiger partial charge in [-0.25, -0.2) is 4.79 Å². The van der Waals surface area contributed by atoms with E-state index >= 15 is 0 Å². The fraction of sp³-hybridized carbons (Fsp3) is 0.125. The zero-order chi connectivity index (χ0) is 14.7. The topological polar surface area (TPSA) is 64.3 Å². The number of carboxylic acids is 1. The fourth-order valence-corrected chi connectivity index (χ4v) is 2.16. The predicted octanol–water partition coefficient (Wildman–Crippen LogP) is 3.33. The van der Waals surface area contributed by atoms with Gasteiger partial charge in [-0.05, 0) is 42.8 Å². The van der Waals surface area contributed by atoms with Crippen LogP contribution in [0.15, 0.2) is 42.5 Å². The zero-order valence-corrected chi connectivity index (χ0v) is 11.3. The monoisotopic (exact) mass is 266 g/mol. The third kappa shape index (κ3) is 2.47. The lowest BCUT2D eigenvalue weighted by atomic mass is 10.1. The van der Waals surface area contributed by atoms with Gasteiger partial charge < -0.3 is 10.0 Å². The first-order valence-corrected chi connectivity index (χ1v) is 6.11. The van der Waals surface area contributed by atoms with Crippen LogP contribution in [-0.4, -0.2) is 18.1 Å². The van der Waals surface area contributed by atoms with Crippen LogP contribution < -0.4 is 4.90 Å². The third-order valence-corrected chi connectivity index (χ3v) is 3.19. The van der Waals surface area contributed by atoms with E-state index in [1.54, 1.807) is 24.3 Å². The highest BCUT2D eigenvalue weighted by molar-refractivity contribution is 5.89. The highest BCUT2D eigenvalue weighted by atomic mass is 16.4. The zero-order valence-electron chi connectivity index (χ0n) is 11.3. The van der Waals surface area contributed by atoms with Crippen molar-refractivity contribution in [3.8, 4) is 6.07 Å². The lowest BCUT2D eigenvalue weighted by molar-refractivity contribution is 0.0697. The number of aromatic carboxylic acids is 1. The molecule has 0 amide bonds. The van der Waals surface area contributed by atoms with Gasteiger partial charge in [-0.3, -0.25) is 0 Å². The molecule has 4 heteroatoms. The van der Waals surface area contributed by atoms with Gasteiger partial charge in [0, 0.05) is 12.7 Å². The minimum absolute atomic E-state index is 0.258. The van der Waals surface area contributed by atoms with Gasteiger partial charge >= 0.3 is 5.97 Å². The number of anilines is 2. The second-order valence-electron chi connectivity index (χ2n) is 4.49. The molecule has 2 aromatic rings. The van der Waals surface area contributed by atoms with E-state index < -0.39 is 5.97 Å². The molecule has 1 N–H and O–H groups in total. The lowest BCUT2D eigenvalue weighted by Crippen LogP contribution is -2.13. The first-order valence-electron chi connectivity index (χ1n) is 6.11. The number of hydrogen-bond donors (Lipinski definition) is 1. The first kappa shape index (κ1) is 13.6. The van der Waals surface area contributed by atoms with Crippen LogP contribution in [0.4, 0.5) is 11.4 Å². The molecule has 2 aromatic carbocycles. The third-order valence-electron chi connectivity index (χ3n) is 3.19. The average Bonchev–Trinajstić information content (AvgIpc) is 2.46. The molecule has 0 bridgehead atoms. The second-order valence-corrected chi connectivity index (χ2v) is 4.49. The molecule has 0 radical (unpaired) electrons. The Labute approximate surface area is 117 Å². The van der Waals surface area contributed by atoms with Crippen LogP contribution in [0.1, 0.15) is 21.5 Å². The standard InChI is InChI=1S/C16H14N2O2/c1-11-9-12(16(19)20)7-8-14(11)18(2)15-6-4-3-5-13(15)10-17/h3-9H,1-2H3,(H,19,20). The van der Waals surface area contributed by atoms with E-state index in [2.05, 4.69) is 6.07 Å². The van der Waals surface area contributed by atoms with Crippen LogP contribution in [-0.2, 0) is 0 Å². The fourth-order valence-electron chi connectivity index (χ4n) is 2.16. The van der Waals surface area contributed by atoms with Crippen molar-refractivity contribution in [3.05, 3.63) is 59.2 Å². The first-order chi connectivity index (χ1) is 9.54. The normalized spacial score (nSPS) is 9.85. The molecule has 0 atom stereocenters. The van der Waals surface area contributed by atoms with Crippen molar-refractivity contribution in [1.29, 1.82) is 5.26 Å². The Hall–Kier alpha value is -2.80. The largest absolute Gasteiger partial charge is 0.478 e. The van der Waals surface area contributed by atoms with Gasteiger partial charge in [0.05, 0.1) is 16.8 Å². The van der Waals surface area contributed by atoms with E-state index in [0.29, 0.717) is 5.56 Å². The van der Waals surface area contributed by atoms with Crippen LogP contribution in [0, 0.1) is 18.3 Å². The van der Waals surface area contributed by atoms with Gasteiger partial charge in [-0.1, -0.05) is 12.1 Å². The quantitative estimate of drug-likeness (QED) is 0.925. The second kappa shape index (κ2) is 5.45. The van der Waals surface area contributed by atoms with Crippen LogP contribution >= 0.6 is 0 Å². The summed E-state index contributed by atoms with van der Waals surface area (Å²) < 4.78 is 0. The van der Waals surface area contributed by atoms with Crippen LogP contribution in [0.2, 0.25) is 0 Å². The molecule has 0 saturated carbocycles. The number of rotatable bonds is 3. The van der Waals surface area contributed by atoms with Crippen molar-refractivity contribution < 1.29 is 9.90 Å². The lowest BCUT2D eigenvalue weighted by Gasteiger charge is -2.22. The average molecular weight is 266 g/mol. The van der Waals surface area contributed by atoms with E-state index in [9.17, 15) is 4.79 Å². The van der Waals surface area contributed by atoms with Crippen molar-refractivity contribution in [1.82, 2.24) is 0 Å². The van der Waals surface area contributed by atoms with Gasteiger partial charge in [0.1, 0.15) is 6.07 Å². The summed E-state index contributed by atoms with van der Waals surface area (Å²) in [5.74, 6) is -0.945. The number of para-hydroxylation sites is 1. The molecule has 0 unspecified atom stereocenters. The Morgan fingerprint density at radius 1 is 1.20 bits per heavy atom. The minimum Gasteiger partial charge on any atom is -0.478 e. The van der Waals surface area contributed by atoms with E-state index in [1.807, 2.05) is 37.1 Å². The van der Waals surface area contributed by atoms with Crippen molar-refractivity contribution in [2.75, 3.05) is 11.9 Å². The van der Waals surface area contributed by atoms with Crippen molar-refractivity contribution in [3.63, 3.8) is 0 Å². The molecule has 100 valence electrons. The maximum atomic E-state index is 10.9.